The summed E-state index contributed by atoms with van der Waals surface area (Å²) in [6.07, 6.45) is 3.74. The van der Waals surface area contributed by atoms with E-state index in [0.717, 1.165) is 13.0 Å². The van der Waals surface area contributed by atoms with Gasteiger partial charge in [-0.15, -0.1) is 0 Å². The van der Waals surface area contributed by atoms with Crippen molar-refractivity contribution in [3.8, 4) is 0 Å². The van der Waals surface area contributed by atoms with Crippen LogP contribution >= 0.6 is 0 Å². The van der Waals surface area contributed by atoms with Crippen molar-refractivity contribution >= 4 is 10.9 Å². The van der Waals surface area contributed by atoms with E-state index >= 15 is 0 Å². The van der Waals surface area contributed by atoms with Gasteiger partial charge >= 0.3 is 0 Å². The zero-order valence-corrected chi connectivity index (χ0v) is 11.2. The van der Waals surface area contributed by atoms with E-state index in [1.807, 2.05) is 0 Å². The van der Waals surface area contributed by atoms with Crippen molar-refractivity contribution < 1.29 is 5.11 Å². The fourth-order valence-electron chi connectivity index (χ4n) is 4.05. The van der Waals surface area contributed by atoms with Crippen LogP contribution in [0.3, 0.4) is 0 Å². The van der Waals surface area contributed by atoms with Crippen molar-refractivity contribution in [2.45, 2.75) is 31.8 Å². The quantitative estimate of drug-likeness (QED) is 0.893. The number of fused-ring (bicyclic) bond motifs is 5. The number of aromatic nitrogens is 1. The van der Waals surface area contributed by atoms with E-state index in [1.165, 1.54) is 42.5 Å². The molecule has 3 nitrogen and oxygen atoms in total. The molecule has 0 amide bonds. The van der Waals surface area contributed by atoms with Crippen LogP contribution < -0.4 is 0 Å². The largest absolute Gasteiger partial charge is 0.395 e. The zero-order chi connectivity index (χ0) is 12.8. The van der Waals surface area contributed by atoms with Crippen molar-refractivity contribution in [3.05, 3.63) is 35.5 Å². The second kappa shape index (κ2) is 4.36. The summed E-state index contributed by atoms with van der Waals surface area (Å²) in [4.78, 5) is 2.64. The van der Waals surface area contributed by atoms with Crippen LogP contribution in [0.4, 0.5) is 0 Å². The van der Waals surface area contributed by atoms with Gasteiger partial charge in [0, 0.05) is 42.1 Å². The normalized spacial score (nSPS) is 22.7. The third-order valence-corrected chi connectivity index (χ3v) is 4.78. The van der Waals surface area contributed by atoms with E-state index in [2.05, 4.69) is 33.7 Å². The highest BCUT2D eigenvalue weighted by Crippen LogP contribution is 2.42. The van der Waals surface area contributed by atoms with Gasteiger partial charge in [-0.25, -0.2) is 0 Å². The van der Waals surface area contributed by atoms with Crippen LogP contribution in [0.1, 0.15) is 30.1 Å². The van der Waals surface area contributed by atoms with Gasteiger partial charge in [0.25, 0.3) is 0 Å². The molecule has 0 aliphatic carbocycles. The minimum Gasteiger partial charge on any atom is -0.395 e. The average Bonchev–Trinajstić information content (AvgIpc) is 3.02. The van der Waals surface area contributed by atoms with E-state index in [9.17, 15) is 5.11 Å². The topological polar surface area (TPSA) is 28.4 Å². The molecule has 1 fully saturated rings. The second-order valence-corrected chi connectivity index (χ2v) is 5.70. The van der Waals surface area contributed by atoms with Gasteiger partial charge in [0.1, 0.15) is 0 Å². The summed E-state index contributed by atoms with van der Waals surface area (Å²) in [6.45, 7) is 3.38. The Hall–Kier alpha value is -1.32. The molecule has 1 unspecified atom stereocenters. The first-order valence-corrected chi connectivity index (χ1v) is 7.35. The molecule has 1 atom stereocenters. The monoisotopic (exact) mass is 256 g/mol. The first kappa shape index (κ1) is 11.5. The average molecular weight is 256 g/mol. The highest BCUT2D eigenvalue weighted by Gasteiger charge is 2.34. The number of aliphatic hydroxyl groups excluding tert-OH is 1. The van der Waals surface area contributed by atoms with Crippen LogP contribution in [0, 0.1) is 0 Å². The third-order valence-electron chi connectivity index (χ3n) is 4.78. The van der Waals surface area contributed by atoms with E-state index in [1.54, 1.807) is 5.56 Å². The number of rotatable bonds is 2. The predicted molar refractivity (Wildman–Crippen MR) is 76.3 cm³/mol. The summed E-state index contributed by atoms with van der Waals surface area (Å²) in [6, 6.07) is 9.31. The number of hydrogen-bond donors (Lipinski definition) is 1. The van der Waals surface area contributed by atoms with Gasteiger partial charge in [-0.05, 0) is 31.0 Å². The summed E-state index contributed by atoms with van der Waals surface area (Å²) >= 11 is 0. The Balaban J connectivity index is 1.98. The van der Waals surface area contributed by atoms with Crippen LogP contribution in [-0.2, 0) is 13.0 Å². The van der Waals surface area contributed by atoms with Gasteiger partial charge < -0.3 is 9.67 Å². The van der Waals surface area contributed by atoms with E-state index < -0.39 is 0 Å². The maximum Gasteiger partial charge on any atom is 0.0610 e. The summed E-state index contributed by atoms with van der Waals surface area (Å²) in [7, 11) is 0. The molecule has 0 radical (unpaired) electrons. The highest BCUT2D eigenvalue weighted by molar-refractivity contribution is 5.86. The summed E-state index contributed by atoms with van der Waals surface area (Å²) < 4.78 is 2.35. The molecule has 3 heterocycles. The van der Waals surface area contributed by atoms with Crippen molar-refractivity contribution in [2.24, 2.45) is 0 Å². The maximum atomic E-state index is 9.36. The Kier molecular flexibility index (Phi) is 2.64. The molecule has 1 saturated heterocycles. The lowest BCUT2D eigenvalue weighted by Crippen LogP contribution is -2.31. The van der Waals surface area contributed by atoms with Crippen LogP contribution in [0.2, 0.25) is 0 Å². The van der Waals surface area contributed by atoms with Crippen LogP contribution in [-0.4, -0.2) is 34.3 Å². The molecule has 2 aromatic rings. The standard InChI is InChI=1S/C16H20N2O/c19-11-10-18-13-5-2-1-4-12(13)16-14-6-3-8-17(14)9-7-15(16)18/h1-2,4-5,14,19H,3,6-11H2. The molecule has 4 rings (SSSR count). The maximum absolute atomic E-state index is 9.36. The summed E-state index contributed by atoms with van der Waals surface area (Å²) in [5, 5.41) is 10.8. The Labute approximate surface area is 113 Å². The molecular formula is C16H20N2O. The number of benzene rings is 1. The fourth-order valence-corrected chi connectivity index (χ4v) is 4.05. The second-order valence-electron chi connectivity index (χ2n) is 5.70. The van der Waals surface area contributed by atoms with Gasteiger partial charge in [0.05, 0.1) is 6.61 Å². The number of hydrogen-bond acceptors (Lipinski definition) is 2. The Bertz CT molecular complexity index is 616. The van der Waals surface area contributed by atoms with Gasteiger partial charge in [-0.3, -0.25) is 4.90 Å². The number of nitrogens with zero attached hydrogens (tertiary/aromatic N) is 2. The molecule has 1 aromatic heterocycles. The Morgan fingerprint density at radius 2 is 2.11 bits per heavy atom. The molecule has 1 aromatic carbocycles. The molecule has 0 spiro atoms. The first-order valence-electron chi connectivity index (χ1n) is 7.35. The lowest BCUT2D eigenvalue weighted by molar-refractivity contribution is 0.237. The van der Waals surface area contributed by atoms with E-state index in [0.29, 0.717) is 6.04 Å². The van der Waals surface area contributed by atoms with E-state index in [4.69, 9.17) is 0 Å². The molecule has 2 aliphatic heterocycles. The fraction of sp³-hybridized carbons (Fsp3) is 0.500. The van der Waals surface area contributed by atoms with Crippen molar-refractivity contribution in [1.82, 2.24) is 9.47 Å². The molecule has 1 N–H and O–H groups in total. The predicted octanol–water partition coefficient (Wildman–Crippen LogP) is 2.33. The minimum atomic E-state index is 0.222. The molecule has 19 heavy (non-hydrogen) atoms. The highest BCUT2D eigenvalue weighted by atomic mass is 16.3. The SMILES string of the molecule is OCCn1c2c(c3ccccc31)C1CCCN1CC2. The van der Waals surface area contributed by atoms with Gasteiger partial charge in [-0.1, -0.05) is 18.2 Å². The first-order chi connectivity index (χ1) is 9.40. The Morgan fingerprint density at radius 1 is 1.21 bits per heavy atom. The third kappa shape index (κ3) is 1.58. The summed E-state index contributed by atoms with van der Waals surface area (Å²) in [5.74, 6) is 0. The molecule has 0 saturated carbocycles. The van der Waals surface area contributed by atoms with Crippen LogP contribution in [0.25, 0.3) is 10.9 Å². The van der Waals surface area contributed by atoms with E-state index in [-0.39, 0.29) is 6.61 Å². The Morgan fingerprint density at radius 3 is 3.00 bits per heavy atom. The van der Waals surface area contributed by atoms with Crippen molar-refractivity contribution in [1.29, 1.82) is 0 Å². The van der Waals surface area contributed by atoms with Crippen molar-refractivity contribution in [2.75, 3.05) is 19.7 Å². The summed E-state index contributed by atoms with van der Waals surface area (Å²) in [5.41, 5.74) is 4.32. The van der Waals surface area contributed by atoms with Crippen molar-refractivity contribution in [3.63, 3.8) is 0 Å². The molecule has 100 valence electrons. The van der Waals surface area contributed by atoms with Crippen LogP contribution in [0.5, 0.6) is 0 Å². The number of aliphatic hydroxyl groups is 1. The minimum absolute atomic E-state index is 0.222. The molecule has 2 aliphatic rings. The molecule has 3 heteroatoms. The number of para-hydroxylation sites is 1. The van der Waals surface area contributed by atoms with Gasteiger partial charge in [-0.2, -0.15) is 0 Å². The van der Waals surface area contributed by atoms with Gasteiger partial charge in [0.2, 0.25) is 0 Å². The molecule has 0 bridgehead atoms. The van der Waals surface area contributed by atoms with Crippen LogP contribution in [0.15, 0.2) is 24.3 Å². The molecular weight excluding hydrogens is 236 g/mol. The van der Waals surface area contributed by atoms with Gasteiger partial charge in [0.15, 0.2) is 0 Å². The lowest BCUT2D eigenvalue weighted by Gasteiger charge is -2.31. The zero-order valence-electron chi connectivity index (χ0n) is 11.2. The smallest absolute Gasteiger partial charge is 0.0610 e. The lowest BCUT2D eigenvalue weighted by atomic mass is 9.96.